The minimum absolute atomic E-state index is 0.0492. The number of aromatic nitrogens is 1. The van der Waals surface area contributed by atoms with Gasteiger partial charge >= 0.3 is 0 Å². The van der Waals surface area contributed by atoms with Crippen LogP contribution in [0.5, 0.6) is 11.5 Å². The zero-order valence-corrected chi connectivity index (χ0v) is 9.98. The quantitative estimate of drug-likeness (QED) is 0.885. The van der Waals surface area contributed by atoms with Gasteiger partial charge in [0.05, 0.1) is 18.9 Å². The van der Waals surface area contributed by atoms with E-state index >= 15 is 0 Å². The van der Waals surface area contributed by atoms with Crippen LogP contribution in [0.25, 0.3) is 11.1 Å². The van der Waals surface area contributed by atoms with Crippen LogP contribution >= 0.6 is 15.9 Å². The van der Waals surface area contributed by atoms with Gasteiger partial charge in [-0.25, -0.2) is 0 Å². The molecule has 0 spiro atoms. The number of anilines is 1. The molecule has 1 aromatic heterocycles. The second-order valence-electron chi connectivity index (χ2n) is 3.11. The monoisotopic (exact) mass is 284 g/mol. The predicted molar refractivity (Wildman–Crippen MR) is 62.3 cm³/mol. The topological polar surface area (TPSA) is 81.5 Å². The first-order chi connectivity index (χ1) is 7.63. The van der Waals surface area contributed by atoms with E-state index in [2.05, 4.69) is 21.1 Å². The van der Waals surface area contributed by atoms with Gasteiger partial charge < -0.3 is 20.1 Å². The molecule has 1 aromatic carbocycles. The number of aromatic hydroxyl groups is 1. The van der Waals surface area contributed by atoms with Gasteiger partial charge in [-0.1, -0.05) is 21.1 Å². The molecule has 0 atom stereocenters. The van der Waals surface area contributed by atoms with Crippen LogP contribution in [0.15, 0.2) is 27.3 Å². The smallest absolute Gasteiger partial charge is 0.229 e. The highest BCUT2D eigenvalue weighted by atomic mass is 79.9. The number of phenolic OH excluding ortho intramolecular Hbond substituents is 1. The number of hydrogen-bond donors (Lipinski definition) is 2. The zero-order chi connectivity index (χ0) is 11.7. The number of ether oxygens (including phenoxy) is 1. The van der Waals surface area contributed by atoms with Gasteiger partial charge in [-0.05, 0) is 12.1 Å². The Morgan fingerprint density at radius 1 is 1.44 bits per heavy atom. The maximum atomic E-state index is 9.56. The summed E-state index contributed by atoms with van der Waals surface area (Å²) in [7, 11) is 1.48. The van der Waals surface area contributed by atoms with Gasteiger partial charge in [0.2, 0.25) is 5.88 Å². The molecule has 0 aliphatic heterocycles. The van der Waals surface area contributed by atoms with E-state index in [0.29, 0.717) is 15.8 Å². The zero-order valence-electron chi connectivity index (χ0n) is 8.40. The highest BCUT2D eigenvalue weighted by Gasteiger charge is 2.14. The number of phenols is 1. The molecule has 6 heteroatoms. The first kappa shape index (κ1) is 10.8. The fraction of sp³-hybridized carbons (Fsp3) is 0.100. The number of halogens is 1. The van der Waals surface area contributed by atoms with Gasteiger partial charge in [0.1, 0.15) is 0 Å². The van der Waals surface area contributed by atoms with Crippen molar-refractivity contribution in [2.45, 2.75) is 0 Å². The molecule has 0 aliphatic carbocycles. The Kier molecular flexibility index (Phi) is 2.74. The second-order valence-corrected chi connectivity index (χ2v) is 3.96. The first-order valence-electron chi connectivity index (χ1n) is 4.40. The van der Waals surface area contributed by atoms with Crippen molar-refractivity contribution in [3.8, 4) is 22.6 Å². The van der Waals surface area contributed by atoms with Crippen molar-refractivity contribution in [2.75, 3.05) is 12.8 Å². The molecule has 5 nitrogen and oxygen atoms in total. The van der Waals surface area contributed by atoms with Gasteiger partial charge in [-0.3, -0.25) is 0 Å². The Balaban J connectivity index is 2.61. The van der Waals surface area contributed by atoms with E-state index in [1.807, 2.05) is 0 Å². The van der Waals surface area contributed by atoms with E-state index in [0.717, 1.165) is 5.56 Å². The van der Waals surface area contributed by atoms with Gasteiger partial charge in [0, 0.05) is 10.0 Å². The average Bonchev–Trinajstić information content (AvgIpc) is 2.65. The molecule has 2 aromatic rings. The molecule has 0 fully saturated rings. The maximum Gasteiger partial charge on any atom is 0.229 e. The molecular weight excluding hydrogens is 276 g/mol. The van der Waals surface area contributed by atoms with E-state index in [-0.39, 0.29) is 11.6 Å². The summed E-state index contributed by atoms with van der Waals surface area (Å²) in [5, 5.41) is 13.2. The van der Waals surface area contributed by atoms with Crippen LogP contribution in [0.2, 0.25) is 0 Å². The second kappa shape index (κ2) is 4.05. The van der Waals surface area contributed by atoms with Gasteiger partial charge in [-0.2, -0.15) is 0 Å². The summed E-state index contributed by atoms with van der Waals surface area (Å²) in [6.45, 7) is 0. The fourth-order valence-corrected chi connectivity index (χ4v) is 1.91. The van der Waals surface area contributed by atoms with Crippen LogP contribution < -0.4 is 10.5 Å². The van der Waals surface area contributed by atoms with Crippen molar-refractivity contribution in [3.63, 3.8) is 0 Å². The molecule has 1 heterocycles. The van der Waals surface area contributed by atoms with E-state index < -0.39 is 0 Å². The molecule has 0 saturated heterocycles. The number of hydrogen-bond acceptors (Lipinski definition) is 5. The summed E-state index contributed by atoms with van der Waals surface area (Å²) >= 11 is 3.33. The summed E-state index contributed by atoms with van der Waals surface area (Å²) in [4.78, 5) is 0. The summed E-state index contributed by atoms with van der Waals surface area (Å²) in [6.07, 6.45) is 1.51. The lowest BCUT2D eigenvalue weighted by Gasteiger charge is -2.07. The number of methoxy groups -OCH3 is 1. The molecule has 0 amide bonds. The molecule has 3 N–H and O–H groups in total. The van der Waals surface area contributed by atoms with Crippen molar-refractivity contribution >= 4 is 21.8 Å². The lowest BCUT2D eigenvalue weighted by Crippen LogP contribution is -1.89. The molecule has 0 unspecified atom stereocenters. The van der Waals surface area contributed by atoms with Gasteiger partial charge in [0.25, 0.3) is 0 Å². The van der Waals surface area contributed by atoms with E-state index in [9.17, 15) is 5.11 Å². The largest absolute Gasteiger partial charge is 0.504 e. The van der Waals surface area contributed by atoms with Crippen molar-refractivity contribution < 1.29 is 14.4 Å². The summed E-state index contributed by atoms with van der Waals surface area (Å²) in [5.41, 5.74) is 7.01. The highest BCUT2D eigenvalue weighted by molar-refractivity contribution is 9.10. The normalized spacial score (nSPS) is 10.4. The Labute approximate surface area is 99.9 Å². The number of nitrogens with two attached hydrogens (primary N) is 1. The number of nitrogens with zero attached hydrogens (tertiary/aromatic N) is 1. The van der Waals surface area contributed by atoms with Crippen LogP contribution in [0.1, 0.15) is 0 Å². The lowest BCUT2D eigenvalue weighted by molar-refractivity contribution is 0.373. The Bertz CT molecular complexity index is 525. The van der Waals surface area contributed by atoms with Crippen LogP contribution in [0.3, 0.4) is 0 Å². The van der Waals surface area contributed by atoms with Crippen molar-refractivity contribution in [1.82, 2.24) is 5.16 Å². The third-order valence-corrected chi connectivity index (χ3v) is 2.81. The Morgan fingerprint density at radius 3 is 2.75 bits per heavy atom. The minimum atomic E-state index is 0.0492. The van der Waals surface area contributed by atoms with Crippen molar-refractivity contribution in [2.24, 2.45) is 0 Å². The molecule has 0 saturated carbocycles. The molecule has 84 valence electrons. The van der Waals surface area contributed by atoms with Crippen LogP contribution in [0.4, 0.5) is 5.88 Å². The minimum Gasteiger partial charge on any atom is -0.504 e. The average molecular weight is 285 g/mol. The molecule has 0 aliphatic rings. The van der Waals surface area contributed by atoms with Crippen LogP contribution in [-0.2, 0) is 0 Å². The molecule has 0 bridgehead atoms. The van der Waals surface area contributed by atoms with E-state index in [1.54, 1.807) is 6.07 Å². The summed E-state index contributed by atoms with van der Waals surface area (Å²) in [6, 6.07) is 3.18. The van der Waals surface area contributed by atoms with Gasteiger partial charge in [0.15, 0.2) is 11.5 Å². The molecule has 16 heavy (non-hydrogen) atoms. The van der Waals surface area contributed by atoms with E-state index in [1.165, 1.54) is 19.4 Å². The SMILES string of the molecule is COc1cc(-c2cnoc2N)c(Br)cc1O. The highest BCUT2D eigenvalue weighted by Crippen LogP contribution is 2.39. The maximum absolute atomic E-state index is 9.56. The fourth-order valence-electron chi connectivity index (χ4n) is 1.36. The Hall–Kier alpha value is -1.69. The van der Waals surface area contributed by atoms with Crippen molar-refractivity contribution in [3.05, 3.63) is 22.8 Å². The predicted octanol–water partition coefficient (Wildman–Crippen LogP) is 2.40. The Morgan fingerprint density at radius 2 is 2.19 bits per heavy atom. The van der Waals surface area contributed by atoms with Crippen molar-refractivity contribution in [1.29, 1.82) is 0 Å². The molecule has 2 rings (SSSR count). The van der Waals surface area contributed by atoms with Gasteiger partial charge in [-0.15, -0.1) is 0 Å². The van der Waals surface area contributed by atoms with E-state index in [4.69, 9.17) is 15.0 Å². The van der Waals surface area contributed by atoms with Crippen LogP contribution in [-0.4, -0.2) is 17.4 Å². The molecular formula is C10H9BrN2O3. The molecule has 0 radical (unpaired) electrons. The number of benzene rings is 1. The number of nitrogen functional groups attached to an aromatic ring is 1. The summed E-state index contributed by atoms with van der Waals surface area (Å²) < 4.78 is 10.5. The summed E-state index contributed by atoms with van der Waals surface area (Å²) in [5.74, 6) is 0.625. The standard InChI is InChI=1S/C10H9BrN2O3/c1-15-9-2-5(7(11)3-8(9)14)6-4-13-16-10(6)12/h2-4,14H,12H2,1H3. The third kappa shape index (κ3) is 1.71. The van der Waals surface area contributed by atoms with Crippen LogP contribution in [0, 0.1) is 0 Å². The number of rotatable bonds is 2. The lowest BCUT2D eigenvalue weighted by atomic mass is 10.1. The first-order valence-corrected chi connectivity index (χ1v) is 5.19. The third-order valence-electron chi connectivity index (χ3n) is 2.16.